The maximum atomic E-state index is 12.1. The van der Waals surface area contributed by atoms with E-state index in [0.29, 0.717) is 30.2 Å². The van der Waals surface area contributed by atoms with Gasteiger partial charge in [-0.15, -0.1) is 0 Å². The number of anilines is 1. The van der Waals surface area contributed by atoms with Gasteiger partial charge >= 0.3 is 0 Å². The predicted octanol–water partition coefficient (Wildman–Crippen LogP) is 3.15. The Morgan fingerprint density at radius 2 is 2.05 bits per heavy atom. The molecule has 0 aliphatic heterocycles. The molecule has 2 rings (SSSR count). The second kappa shape index (κ2) is 7.13. The van der Waals surface area contributed by atoms with E-state index in [1.165, 1.54) is 0 Å². The number of nitrogen functional groups attached to an aromatic ring is 1. The van der Waals surface area contributed by atoms with Gasteiger partial charge in [0.1, 0.15) is 12.4 Å². The highest BCUT2D eigenvalue weighted by Gasteiger charge is 2.09. The quantitative estimate of drug-likeness (QED) is 0.644. The molecule has 0 aromatic heterocycles. The van der Waals surface area contributed by atoms with Crippen molar-refractivity contribution in [2.75, 3.05) is 18.9 Å². The van der Waals surface area contributed by atoms with Crippen LogP contribution in [0.2, 0.25) is 0 Å². The van der Waals surface area contributed by atoms with Gasteiger partial charge in [-0.25, -0.2) is 0 Å². The largest absolute Gasteiger partial charge is 0.490 e. The van der Waals surface area contributed by atoms with Crippen molar-refractivity contribution >= 4 is 27.5 Å². The van der Waals surface area contributed by atoms with Gasteiger partial charge in [-0.2, -0.15) is 0 Å². The lowest BCUT2D eigenvalue weighted by Crippen LogP contribution is -2.28. The Morgan fingerprint density at radius 3 is 2.81 bits per heavy atom. The molecule has 21 heavy (non-hydrogen) atoms. The molecule has 0 saturated heterocycles. The number of halogens is 1. The molecular weight excluding hydrogens is 332 g/mol. The summed E-state index contributed by atoms with van der Waals surface area (Å²) < 4.78 is 6.41. The monoisotopic (exact) mass is 348 g/mol. The van der Waals surface area contributed by atoms with Crippen LogP contribution >= 0.6 is 15.9 Å². The van der Waals surface area contributed by atoms with Crippen LogP contribution in [-0.2, 0) is 0 Å². The van der Waals surface area contributed by atoms with Gasteiger partial charge in [0.15, 0.2) is 0 Å². The zero-order chi connectivity index (χ0) is 15.2. The van der Waals surface area contributed by atoms with Crippen LogP contribution < -0.4 is 15.8 Å². The topological polar surface area (TPSA) is 64.3 Å². The molecule has 0 heterocycles. The maximum absolute atomic E-state index is 12.1. The van der Waals surface area contributed by atoms with Crippen molar-refractivity contribution in [1.29, 1.82) is 0 Å². The second-order valence-electron chi connectivity index (χ2n) is 4.60. The summed E-state index contributed by atoms with van der Waals surface area (Å²) in [6, 6.07) is 12.9. The van der Waals surface area contributed by atoms with Crippen molar-refractivity contribution in [3.05, 3.63) is 58.1 Å². The third-order valence-electron chi connectivity index (χ3n) is 3.01. The number of ether oxygens (including phenoxy) is 1. The summed E-state index contributed by atoms with van der Waals surface area (Å²) in [5, 5.41) is 2.83. The van der Waals surface area contributed by atoms with Gasteiger partial charge in [0.25, 0.3) is 5.91 Å². The first-order valence-electron chi connectivity index (χ1n) is 6.59. The Labute approximate surface area is 132 Å². The van der Waals surface area contributed by atoms with Gasteiger partial charge in [-0.05, 0) is 36.8 Å². The summed E-state index contributed by atoms with van der Waals surface area (Å²) in [5.74, 6) is 0.517. The fourth-order valence-electron chi connectivity index (χ4n) is 1.87. The highest BCUT2D eigenvalue weighted by atomic mass is 79.9. The highest BCUT2D eigenvalue weighted by Crippen LogP contribution is 2.19. The lowest BCUT2D eigenvalue weighted by molar-refractivity contribution is 0.0946. The molecule has 0 aliphatic rings. The summed E-state index contributed by atoms with van der Waals surface area (Å²) in [6.45, 7) is 2.69. The van der Waals surface area contributed by atoms with E-state index in [-0.39, 0.29) is 5.91 Å². The lowest BCUT2D eigenvalue weighted by Gasteiger charge is -2.10. The number of carbonyl (C=O) groups excluding carboxylic acids is 1. The van der Waals surface area contributed by atoms with Crippen LogP contribution in [0.15, 0.2) is 46.9 Å². The molecule has 0 spiro atoms. The number of para-hydroxylation sites is 2. The third kappa shape index (κ3) is 4.23. The van der Waals surface area contributed by atoms with Crippen molar-refractivity contribution in [2.45, 2.75) is 6.92 Å². The van der Waals surface area contributed by atoms with Crippen LogP contribution in [0, 0.1) is 6.92 Å². The zero-order valence-corrected chi connectivity index (χ0v) is 13.3. The molecule has 110 valence electrons. The smallest absolute Gasteiger partial charge is 0.251 e. The first-order valence-corrected chi connectivity index (χ1v) is 7.39. The van der Waals surface area contributed by atoms with E-state index in [1.807, 2.05) is 31.2 Å². The number of hydrogen-bond donors (Lipinski definition) is 2. The average Bonchev–Trinajstić information content (AvgIpc) is 2.47. The van der Waals surface area contributed by atoms with Crippen LogP contribution in [0.4, 0.5) is 5.69 Å². The minimum Gasteiger partial charge on any atom is -0.490 e. The Balaban J connectivity index is 1.85. The van der Waals surface area contributed by atoms with E-state index >= 15 is 0 Å². The van der Waals surface area contributed by atoms with Gasteiger partial charge in [-0.1, -0.05) is 34.1 Å². The van der Waals surface area contributed by atoms with Gasteiger partial charge in [-0.3, -0.25) is 4.79 Å². The second-order valence-corrected chi connectivity index (χ2v) is 5.52. The summed E-state index contributed by atoms with van der Waals surface area (Å²) >= 11 is 3.37. The van der Waals surface area contributed by atoms with Crippen molar-refractivity contribution in [1.82, 2.24) is 5.32 Å². The Kier molecular flexibility index (Phi) is 5.22. The summed E-state index contributed by atoms with van der Waals surface area (Å²) in [7, 11) is 0. The number of amides is 1. The van der Waals surface area contributed by atoms with Crippen LogP contribution in [0.1, 0.15) is 15.9 Å². The minimum absolute atomic E-state index is 0.113. The summed E-state index contributed by atoms with van der Waals surface area (Å²) in [5.41, 5.74) is 7.95. The van der Waals surface area contributed by atoms with Crippen molar-refractivity contribution in [3.63, 3.8) is 0 Å². The zero-order valence-electron chi connectivity index (χ0n) is 11.7. The molecule has 2 aromatic rings. The van der Waals surface area contributed by atoms with E-state index < -0.39 is 0 Å². The van der Waals surface area contributed by atoms with Crippen LogP contribution in [-0.4, -0.2) is 19.1 Å². The van der Waals surface area contributed by atoms with Crippen molar-refractivity contribution < 1.29 is 9.53 Å². The molecule has 0 atom stereocenters. The molecule has 2 aromatic carbocycles. The van der Waals surface area contributed by atoms with Crippen molar-refractivity contribution in [2.24, 2.45) is 0 Å². The number of nitrogens with two attached hydrogens (primary N) is 1. The first-order chi connectivity index (χ1) is 10.1. The Morgan fingerprint density at radius 1 is 1.29 bits per heavy atom. The third-order valence-corrected chi connectivity index (χ3v) is 3.50. The molecule has 0 radical (unpaired) electrons. The standard InChI is InChI=1S/C16H17BrN2O2/c1-11-6-7-12(17)10-13(11)16(20)19-8-9-21-15-5-3-2-4-14(15)18/h2-7,10H,8-9,18H2,1H3,(H,19,20). The average molecular weight is 349 g/mol. The Hall–Kier alpha value is -2.01. The first kappa shape index (κ1) is 15.4. The van der Waals surface area contributed by atoms with E-state index in [4.69, 9.17) is 10.5 Å². The SMILES string of the molecule is Cc1ccc(Br)cc1C(=O)NCCOc1ccccc1N. The number of carbonyl (C=O) groups is 1. The lowest BCUT2D eigenvalue weighted by atomic mass is 10.1. The molecular formula is C16H17BrN2O2. The summed E-state index contributed by atoms with van der Waals surface area (Å²) in [4.78, 5) is 12.1. The predicted molar refractivity (Wildman–Crippen MR) is 87.6 cm³/mol. The molecule has 3 N–H and O–H groups in total. The fourth-order valence-corrected chi connectivity index (χ4v) is 2.23. The van der Waals surface area contributed by atoms with Crippen LogP contribution in [0.5, 0.6) is 5.75 Å². The number of rotatable bonds is 5. The van der Waals surface area contributed by atoms with Crippen LogP contribution in [0.25, 0.3) is 0 Å². The van der Waals surface area contributed by atoms with E-state index in [9.17, 15) is 4.79 Å². The van der Waals surface area contributed by atoms with Gasteiger partial charge < -0.3 is 15.8 Å². The number of aryl methyl sites for hydroxylation is 1. The molecule has 0 unspecified atom stereocenters. The number of benzene rings is 2. The minimum atomic E-state index is -0.113. The number of nitrogens with one attached hydrogen (secondary N) is 1. The molecule has 4 nitrogen and oxygen atoms in total. The maximum Gasteiger partial charge on any atom is 0.251 e. The molecule has 0 saturated carbocycles. The molecule has 0 fully saturated rings. The van der Waals surface area contributed by atoms with E-state index in [2.05, 4.69) is 21.2 Å². The fraction of sp³-hybridized carbons (Fsp3) is 0.188. The Bertz CT molecular complexity index is 644. The van der Waals surface area contributed by atoms with Crippen molar-refractivity contribution in [3.8, 4) is 5.75 Å². The molecule has 0 aliphatic carbocycles. The van der Waals surface area contributed by atoms with Crippen LogP contribution in [0.3, 0.4) is 0 Å². The van der Waals surface area contributed by atoms with Gasteiger partial charge in [0.2, 0.25) is 0 Å². The normalized spacial score (nSPS) is 10.2. The molecule has 5 heteroatoms. The highest BCUT2D eigenvalue weighted by molar-refractivity contribution is 9.10. The molecule has 1 amide bonds. The van der Waals surface area contributed by atoms with E-state index in [1.54, 1.807) is 18.2 Å². The van der Waals surface area contributed by atoms with E-state index in [0.717, 1.165) is 10.0 Å². The summed E-state index contributed by atoms with van der Waals surface area (Å²) in [6.07, 6.45) is 0. The van der Waals surface area contributed by atoms with Gasteiger partial charge in [0.05, 0.1) is 12.2 Å². The van der Waals surface area contributed by atoms with Gasteiger partial charge in [0, 0.05) is 10.0 Å². The number of hydrogen-bond acceptors (Lipinski definition) is 3. The molecule has 0 bridgehead atoms.